The first-order valence-corrected chi connectivity index (χ1v) is 9.05. The van der Waals surface area contributed by atoms with E-state index < -0.39 is 13.0 Å². The van der Waals surface area contributed by atoms with Crippen LogP contribution < -0.4 is 14.5 Å². The topological polar surface area (TPSA) is 67.3 Å². The van der Waals surface area contributed by atoms with Crippen LogP contribution in [-0.4, -0.2) is 59.1 Å². The van der Waals surface area contributed by atoms with Gasteiger partial charge in [-0.25, -0.2) is 28.7 Å². The smallest absolute Gasteiger partial charge is 0.272 e. The average Bonchev–Trinajstić information content (AvgIpc) is 2.72. The van der Waals surface area contributed by atoms with Gasteiger partial charge in [-0.15, -0.1) is 0 Å². The van der Waals surface area contributed by atoms with Gasteiger partial charge in [-0.1, -0.05) is 0 Å². The number of hydrogen-bond donors (Lipinski definition) is 0. The van der Waals surface area contributed by atoms with Crippen molar-refractivity contribution in [2.45, 2.75) is 13.3 Å². The summed E-state index contributed by atoms with van der Waals surface area (Å²) in [6.07, 6.45) is 0.547. The fraction of sp³-hybridized carbons (Fsp3) is 0.368. The Morgan fingerprint density at radius 1 is 1.04 bits per heavy atom. The molecule has 0 bridgehead atoms. The lowest BCUT2D eigenvalue weighted by Crippen LogP contribution is -2.46. The van der Waals surface area contributed by atoms with Crippen LogP contribution in [0.4, 0.5) is 20.3 Å². The number of aryl methyl sites for hydroxylation is 1. The Balaban J connectivity index is 1.51. The number of ether oxygens (including phenoxy) is 1. The number of nitrogens with zero attached hydrogens (tertiary/aromatic N) is 6. The van der Waals surface area contributed by atoms with E-state index in [0.29, 0.717) is 10.9 Å². The zero-order valence-corrected chi connectivity index (χ0v) is 15.4. The van der Waals surface area contributed by atoms with Crippen molar-refractivity contribution >= 4 is 22.4 Å². The second kappa shape index (κ2) is 7.87. The van der Waals surface area contributed by atoms with E-state index in [1.807, 2.05) is 31.2 Å². The molecule has 146 valence electrons. The normalized spacial score (nSPS) is 14.7. The molecule has 1 fully saturated rings. The third-order valence-electron chi connectivity index (χ3n) is 4.66. The summed E-state index contributed by atoms with van der Waals surface area (Å²) in [5.41, 5.74) is 1.65. The lowest BCUT2D eigenvalue weighted by Gasteiger charge is -2.36. The average molecular weight is 386 g/mol. The third-order valence-corrected chi connectivity index (χ3v) is 4.66. The molecular formula is C19H20F2N6O. The minimum atomic E-state index is -2.55. The van der Waals surface area contributed by atoms with Crippen LogP contribution in [0.5, 0.6) is 5.88 Å². The number of fused-ring (bicyclic) bond motifs is 1. The predicted molar refractivity (Wildman–Crippen MR) is 102 cm³/mol. The van der Waals surface area contributed by atoms with Crippen molar-refractivity contribution in [1.82, 2.24) is 19.9 Å². The van der Waals surface area contributed by atoms with Gasteiger partial charge in [0.15, 0.2) is 6.61 Å². The molecule has 0 atom stereocenters. The molecule has 1 aliphatic heterocycles. The molecule has 3 aromatic rings. The van der Waals surface area contributed by atoms with Gasteiger partial charge in [0.25, 0.3) is 6.43 Å². The minimum Gasteiger partial charge on any atom is -0.471 e. The first-order valence-electron chi connectivity index (χ1n) is 9.05. The summed E-state index contributed by atoms with van der Waals surface area (Å²) in [5.74, 6) is 1.87. The monoisotopic (exact) mass is 386 g/mol. The zero-order valence-electron chi connectivity index (χ0n) is 15.4. The molecule has 7 nitrogen and oxygen atoms in total. The summed E-state index contributed by atoms with van der Waals surface area (Å²) in [6.45, 7) is 4.48. The molecular weight excluding hydrogens is 366 g/mol. The number of alkyl halides is 2. The highest BCUT2D eigenvalue weighted by Gasteiger charge is 2.19. The summed E-state index contributed by atoms with van der Waals surface area (Å²) >= 11 is 0. The van der Waals surface area contributed by atoms with Crippen molar-refractivity contribution < 1.29 is 13.5 Å². The molecule has 0 amide bonds. The van der Waals surface area contributed by atoms with E-state index in [9.17, 15) is 8.78 Å². The molecule has 0 saturated carbocycles. The van der Waals surface area contributed by atoms with Crippen molar-refractivity contribution in [3.8, 4) is 5.88 Å². The van der Waals surface area contributed by atoms with Crippen LogP contribution in [0.25, 0.3) is 10.9 Å². The first kappa shape index (κ1) is 18.3. The molecule has 1 aromatic carbocycles. The van der Waals surface area contributed by atoms with Gasteiger partial charge < -0.3 is 14.5 Å². The van der Waals surface area contributed by atoms with Gasteiger partial charge in [-0.05, 0) is 31.2 Å². The predicted octanol–water partition coefficient (Wildman–Crippen LogP) is 2.70. The number of piperazine rings is 1. The summed E-state index contributed by atoms with van der Waals surface area (Å²) in [4.78, 5) is 21.3. The standard InChI is InChI=1S/C19H20F2N6O/c1-13-22-5-4-18(25-13)27-8-6-26(7-9-27)14-2-3-16-15(10-14)19(24-12-23-16)28-11-17(20)21/h2-5,10,12,17H,6-9,11H2,1H3. The number of aromatic nitrogens is 4. The third kappa shape index (κ3) is 3.92. The Morgan fingerprint density at radius 3 is 2.57 bits per heavy atom. The van der Waals surface area contributed by atoms with Gasteiger partial charge >= 0.3 is 0 Å². The summed E-state index contributed by atoms with van der Waals surface area (Å²) in [5, 5.41) is 0.634. The Labute approximate surface area is 161 Å². The van der Waals surface area contributed by atoms with Crippen molar-refractivity contribution in [1.29, 1.82) is 0 Å². The van der Waals surface area contributed by atoms with Crippen LogP contribution in [0.3, 0.4) is 0 Å². The second-order valence-electron chi connectivity index (χ2n) is 6.52. The summed E-state index contributed by atoms with van der Waals surface area (Å²) < 4.78 is 30.2. The number of rotatable bonds is 5. The fourth-order valence-corrected chi connectivity index (χ4v) is 3.29. The highest BCUT2D eigenvalue weighted by Crippen LogP contribution is 2.28. The molecule has 3 heterocycles. The number of hydrogen-bond acceptors (Lipinski definition) is 7. The molecule has 1 aliphatic rings. The lowest BCUT2D eigenvalue weighted by atomic mass is 10.2. The van der Waals surface area contributed by atoms with Crippen LogP contribution >= 0.6 is 0 Å². The maximum Gasteiger partial charge on any atom is 0.272 e. The van der Waals surface area contributed by atoms with E-state index in [4.69, 9.17) is 4.74 Å². The Morgan fingerprint density at radius 2 is 1.82 bits per heavy atom. The molecule has 1 saturated heterocycles. The zero-order chi connectivity index (χ0) is 19.5. The maximum atomic E-state index is 12.5. The second-order valence-corrected chi connectivity index (χ2v) is 6.52. The van der Waals surface area contributed by atoms with Gasteiger partial charge in [-0.2, -0.15) is 0 Å². The molecule has 28 heavy (non-hydrogen) atoms. The molecule has 0 N–H and O–H groups in total. The van der Waals surface area contributed by atoms with Crippen LogP contribution in [0.15, 0.2) is 36.8 Å². The highest BCUT2D eigenvalue weighted by molar-refractivity contribution is 5.86. The SMILES string of the molecule is Cc1nccc(N2CCN(c3ccc4ncnc(OCC(F)F)c4c3)CC2)n1. The van der Waals surface area contributed by atoms with Gasteiger partial charge in [-0.3, -0.25) is 0 Å². The van der Waals surface area contributed by atoms with Crippen molar-refractivity contribution in [2.75, 3.05) is 42.6 Å². The largest absolute Gasteiger partial charge is 0.471 e. The van der Waals surface area contributed by atoms with E-state index in [1.54, 1.807) is 6.20 Å². The quantitative estimate of drug-likeness (QED) is 0.668. The van der Waals surface area contributed by atoms with E-state index in [1.165, 1.54) is 6.33 Å². The van der Waals surface area contributed by atoms with Gasteiger partial charge in [0, 0.05) is 38.1 Å². The van der Waals surface area contributed by atoms with Gasteiger partial charge in [0.2, 0.25) is 5.88 Å². The Kier molecular flexibility index (Phi) is 5.14. The summed E-state index contributed by atoms with van der Waals surface area (Å²) in [6, 6.07) is 7.67. The fourth-order valence-electron chi connectivity index (χ4n) is 3.29. The molecule has 2 aromatic heterocycles. The van der Waals surface area contributed by atoms with Crippen molar-refractivity contribution in [2.24, 2.45) is 0 Å². The highest BCUT2D eigenvalue weighted by atomic mass is 19.3. The minimum absolute atomic E-state index is 0.183. The molecule has 0 spiro atoms. The Hall–Kier alpha value is -3.10. The first-order chi connectivity index (χ1) is 13.6. The van der Waals surface area contributed by atoms with Crippen LogP contribution in [0.2, 0.25) is 0 Å². The van der Waals surface area contributed by atoms with Crippen LogP contribution in [0, 0.1) is 6.92 Å². The van der Waals surface area contributed by atoms with Gasteiger partial charge in [0.05, 0.1) is 10.9 Å². The van der Waals surface area contributed by atoms with E-state index in [0.717, 1.165) is 43.5 Å². The van der Waals surface area contributed by atoms with Crippen molar-refractivity contribution in [3.63, 3.8) is 0 Å². The number of benzene rings is 1. The molecule has 4 rings (SSSR count). The lowest BCUT2D eigenvalue weighted by molar-refractivity contribution is 0.0804. The van der Waals surface area contributed by atoms with E-state index in [-0.39, 0.29) is 5.88 Å². The van der Waals surface area contributed by atoms with E-state index >= 15 is 0 Å². The molecule has 0 unspecified atom stereocenters. The number of halogens is 2. The molecule has 0 radical (unpaired) electrons. The molecule has 0 aliphatic carbocycles. The summed E-state index contributed by atoms with van der Waals surface area (Å²) in [7, 11) is 0. The van der Waals surface area contributed by atoms with E-state index in [2.05, 4.69) is 29.7 Å². The van der Waals surface area contributed by atoms with Crippen LogP contribution in [-0.2, 0) is 0 Å². The Bertz CT molecular complexity index is 962. The van der Waals surface area contributed by atoms with Crippen molar-refractivity contribution in [3.05, 3.63) is 42.6 Å². The van der Waals surface area contributed by atoms with Gasteiger partial charge in [0.1, 0.15) is 18.0 Å². The number of anilines is 2. The van der Waals surface area contributed by atoms with Crippen LogP contribution in [0.1, 0.15) is 5.82 Å². The maximum absolute atomic E-state index is 12.5. The molecule has 9 heteroatoms.